The summed E-state index contributed by atoms with van der Waals surface area (Å²) < 4.78 is 1.04. The molecule has 0 atom stereocenters. The molecule has 4 rings (SSSR count). The number of rotatable bonds is 4. The number of fused-ring (bicyclic) bond motifs is 1. The SMILES string of the molecule is Cc1ccc(/C=N/N(C(=O)c2ccc(C)cc2C)c2nc3ccc(C)cc3s2)cc1. The fourth-order valence-corrected chi connectivity index (χ4v) is 4.26. The van der Waals surface area contributed by atoms with Gasteiger partial charge < -0.3 is 0 Å². The van der Waals surface area contributed by atoms with Gasteiger partial charge in [-0.05, 0) is 62.6 Å². The summed E-state index contributed by atoms with van der Waals surface area (Å²) in [6.07, 6.45) is 1.71. The minimum atomic E-state index is -0.188. The quantitative estimate of drug-likeness (QED) is 0.295. The lowest BCUT2D eigenvalue weighted by molar-refractivity contribution is 0.0987. The summed E-state index contributed by atoms with van der Waals surface area (Å²) in [4.78, 5) is 18.2. The van der Waals surface area contributed by atoms with E-state index < -0.39 is 0 Å². The molecule has 1 aromatic heterocycles. The average Bonchev–Trinajstić information content (AvgIpc) is 3.12. The number of aromatic nitrogens is 1. The van der Waals surface area contributed by atoms with E-state index in [1.165, 1.54) is 21.9 Å². The van der Waals surface area contributed by atoms with Crippen molar-refractivity contribution < 1.29 is 4.79 Å². The van der Waals surface area contributed by atoms with Gasteiger partial charge in [-0.1, -0.05) is 64.9 Å². The molecule has 5 heteroatoms. The van der Waals surface area contributed by atoms with Crippen LogP contribution in [0.2, 0.25) is 0 Å². The van der Waals surface area contributed by atoms with E-state index in [9.17, 15) is 4.79 Å². The number of amides is 1. The number of hydrazone groups is 1. The maximum absolute atomic E-state index is 13.5. The lowest BCUT2D eigenvalue weighted by atomic mass is 10.1. The molecule has 0 spiro atoms. The number of carbonyl (C=O) groups is 1. The van der Waals surface area contributed by atoms with E-state index in [2.05, 4.69) is 16.2 Å². The van der Waals surface area contributed by atoms with E-state index in [0.29, 0.717) is 10.7 Å². The lowest BCUT2D eigenvalue weighted by Crippen LogP contribution is -2.26. The van der Waals surface area contributed by atoms with Crippen LogP contribution in [0.15, 0.2) is 65.8 Å². The van der Waals surface area contributed by atoms with Gasteiger partial charge >= 0.3 is 0 Å². The number of nitrogens with zero attached hydrogens (tertiary/aromatic N) is 3. The molecule has 4 nitrogen and oxygen atoms in total. The van der Waals surface area contributed by atoms with Crippen LogP contribution in [0.25, 0.3) is 10.2 Å². The Morgan fingerprint density at radius 2 is 1.57 bits per heavy atom. The zero-order chi connectivity index (χ0) is 21.3. The molecule has 0 N–H and O–H groups in total. The van der Waals surface area contributed by atoms with Crippen molar-refractivity contribution in [2.75, 3.05) is 5.01 Å². The highest BCUT2D eigenvalue weighted by Gasteiger charge is 2.22. The van der Waals surface area contributed by atoms with Crippen molar-refractivity contribution in [2.24, 2.45) is 5.10 Å². The van der Waals surface area contributed by atoms with E-state index in [-0.39, 0.29) is 5.91 Å². The Labute approximate surface area is 180 Å². The minimum Gasteiger partial charge on any atom is -0.267 e. The van der Waals surface area contributed by atoms with Gasteiger partial charge in [0.15, 0.2) is 0 Å². The summed E-state index contributed by atoms with van der Waals surface area (Å²) in [5.74, 6) is -0.188. The first-order valence-corrected chi connectivity index (χ1v) is 10.6. The second-order valence-corrected chi connectivity index (χ2v) is 8.57. The molecule has 0 aliphatic rings. The molecule has 0 saturated heterocycles. The Bertz CT molecular complexity index is 1260. The van der Waals surface area contributed by atoms with Crippen LogP contribution in [0.1, 0.15) is 38.2 Å². The van der Waals surface area contributed by atoms with Gasteiger partial charge in [0.1, 0.15) is 0 Å². The summed E-state index contributed by atoms with van der Waals surface area (Å²) in [6, 6.07) is 19.9. The van der Waals surface area contributed by atoms with Crippen molar-refractivity contribution in [1.82, 2.24) is 4.98 Å². The molecule has 0 radical (unpaired) electrons. The predicted molar refractivity (Wildman–Crippen MR) is 126 cm³/mol. The van der Waals surface area contributed by atoms with Crippen molar-refractivity contribution in [3.8, 4) is 0 Å². The topological polar surface area (TPSA) is 45.6 Å². The standard InChI is InChI=1S/C25H23N3OS/c1-16-5-9-20(10-6-16)15-26-28(24(29)21-11-7-17(2)13-19(21)4)25-27-22-12-8-18(3)14-23(22)30-25/h5-15H,1-4H3/b26-15+. The van der Waals surface area contributed by atoms with E-state index in [0.717, 1.165) is 32.5 Å². The fraction of sp³-hybridized carbons (Fsp3) is 0.160. The van der Waals surface area contributed by atoms with Crippen molar-refractivity contribution >= 4 is 38.8 Å². The number of thiazole rings is 1. The van der Waals surface area contributed by atoms with Gasteiger partial charge in [0.25, 0.3) is 5.91 Å². The van der Waals surface area contributed by atoms with E-state index >= 15 is 0 Å². The second-order valence-electron chi connectivity index (χ2n) is 7.56. The smallest absolute Gasteiger partial charge is 0.267 e. The van der Waals surface area contributed by atoms with E-state index in [1.807, 2.05) is 82.3 Å². The van der Waals surface area contributed by atoms with Crippen molar-refractivity contribution in [3.63, 3.8) is 0 Å². The Kier molecular flexibility index (Phi) is 5.46. The van der Waals surface area contributed by atoms with Gasteiger partial charge in [0, 0.05) is 5.56 Å². The molecule has 4 aromatic rings. The van der Waals surface area contributed by atoms with Crippen LogP contribution in [0, 0.1) is 27.7 Å². The number of anilines is 1. The largest absolute Gasteiger partial charge is 0.281 e. The Hall–Kier alpha value is -3.31. The van der Waals surface area contributed by atoms with Gasteiger partial charge in [-0.25, -0.2) is 4.98 Å². The molecule has 1 heterocycles. The molecule has 0 fully saturated rings. The second kappa shape index (κ2) is 8.20. The maximum atomic E-state index is 13.5. The number of carbonyl (C=O) groups excluding carboxylic acids is 1. The molecule has 0 aliphatic carbocycles. The molecule has 1 amide bonds. The summed E-state index contributed by atoms with van der Waals surface area (Å²) in [7, 11) is 0. The number of aryl methyl sites for hydroxylation is 4. The highest BCUT2D eigenvalue weighted by atomic mass is 32.1. The molecule has 0 saturated carbocycles. The third-order valence-corrected chi connectivity index (χ3v) is 5.91. The summed E-state index contributed by atoms with van der Waals surface area (Å²) in [5.41, 5.74) is 6.80. The lowest BCUT2D eigenvalue weighted by Gasteiger charge is -2.15. The molecule has 3 aromatic carbocycles. The Morgan fingerprint density at radius 1 is 0.900 bits per heavy atom. The first-order chi connectivity index (χ1) is 14.4. The summed E-state index contributed by atoms with van der Waals surface area (Å²) >= 11 is 1.47. The number of hydrogen-bond donors (Lipinski definition) is 0. The predicted octanol–water partition coefficient (Wildman–Crippen LogP) is 6.21. The van der Waals surface area contributed by atoms with Crippen LogP contribution < -0.4 is 5.01 Å². The van der Waals surface area contributed by atoms with Crippen LogP contribution >= 0.6 is 11.3 Å². The first kappa shape index (κ1) is 20.0. The van der Waals surface area contributed by atoms with Gasteiger partial charge in [-0.15, -0.1) is 0 Å². The van der Waals surface area contributed by atoms with Crippen LogP contribution in [-0.4, -0.2) is 17.1 Å². The zero-order valence-electron chi connectivity index (χ0n) is 17.5. The minimum absolute atomic E-state index is 0.188. The molecule has 0 aliphatic heterocycles. The van der Waals surface area contributed by atoms with Crippen LogP contribution in [0.4, 0.5) is 5.13 Å². The van der Waals surface area contributed by atoms with E-state index in [4.69, 9.17) is 0 Å². The highest BCUT2D eigenvalue weighted by Crippen LogP contribution is 2.31. The normalized spacial score (nSPS) is 11.3. The van der Waals surface area contributed by atoms with Gasteiger partial charge in [-0.2, -0.15) is 10.1 Å². The first-order valence-electron chi connectivity index (χ1n) is 9.80. The van der Waals surface area contributed by atoms with Gasteiger partial charge in [0.05, 0.1) is 16.4 Å². The molecule has 0 bridgehead atoms. The third-order valence-electron chi connectivity index (χ3n) is 4.92. The molecular formula is C25H23N3OS. The summed E-state index contributed by atoms with van der Waals surface area (Å²) in [5, 5.41) is 6.53. The monoisotopic (exact) mass is 413 g/mol. The van der Waals surface area contributed by atoms with Gasteiger partial charge in [-0.3, -0.25) is 4.79 Å². The summed E-state index contributed by atoms with van der Waals surface area (Å²) in [6.45, 7) is 8.06. The fourth-order valence-electron chi connectivity index (χ4n) is 3.24. The molecule has 30 heavy (non-hydrogen) atoms. The zero-order valence-corrected chi connectivity index (χ0v) is 18.3. The average molecular weight is 414 g/mol. The third kappa shape index (κ3) is 4.16. The van der Waals surface area contributed by atoms with Gasteiger partial charge in [0.2, 0.25) is 5.13 Å². The highest BCUT2D eigenvalue weighted by molar-refractivity contribution is 7.22. The Balaban J connectivity index is 1.78. The van der Waals surface area contributed by atoms with Crippen molar-refractivity contribution in [1.29, 1.82) is 0 Å². The molecule has 0 unspecified atom stereocenters. The number of benzene rings is 3. The van der Waals surface area contributed by atoms with E-state index in [1.54, 1.807) is 6.21 Å². The maximum Gasteiger partial charge on any atom is 0.281 e. The van der Waals surface area contributed by atoms with Crippen LogP contribution in [-0.2, 0) is 0 Å². The Morgan fingerprint density at radius 3 is 2.30 bits per heavy atom. The van der Waals surface area contributed by atoms with Crippen molar-refractivity contribution in [3.05, 3.63) is 94.0 Å². The van der Waals surface area contributed by atoms with Crippen molar-refractivity contribution in [2.45, 2.75) is 27.7 Å². The van der Waals surface area contributed by atoms with Crippen LogP contribution in [0.3, 0.4) is 0 Å². The van der Waals surface area contributed by atoms with Crippen LogP contribution in [0.5, 0.6) is 0 Å². The number of hydrogen-bond acceptors (Lipinski definition) is 4. The molecular weight excluding hydrogens is 390 g/mol. The molecule has 150 valence electrons.